The summed E-state index contributed by atoms with van der Waals surface area (Å²) in [4.78, 5) is 0. The molecular weight excluding hydrogens is 327 g/mol. The third-order valence-electron chi connectivity index (χ3n) is 3.70. The number of hydrogen-bond donors (Lipinski definition) is 2. The van der Waals surface area contributed by atoms with Crippen molar-refractivity contribution in [2.75, 3.05) is 0 Å². The fourth-order valence-corrected chi connectivity index (χ4v) is 2.53. The third-order valence-corrected chi connectivity index (χ3v) is 3.70. The van der Waals surface area contributed by atoms with Crippen LogP contribution in [0.4, 0.5) is 4.39 Å². The smallest absolute Gasteiger partial charge is 0.196 e. The number of aromatic nitrogens is 4. The lowest BCUT2D eigenvalue weighted by atomic mass is 10.1. The number of nitrogens with zero attached hydrogens (tertiary/aromatic N) is 4. The van der Waals surface area contributed by atoms with Crippen molar-refractivity contribution in [1.29, 1.82) is 0 Å². The van der Waals surface area contributed by atoms with Gasteiger partial charge in [-0.2, -0.15) is 4.68 Å². The van der Waals surface area contributed by atoms with Crippen molar-refractivity contribution in [3.8, 4) is 11.4 Å². The molecule has 2 N–H and O–H groups in total. The van der Waals surface area contributed by atoms with Crippen LogP contribution in [-0.2, 0) is 13.2 Å². The second kappa shape index (κ2) is 7.37. The number of tetrazole rings is 1. The van der Waals surface area contributed by atoms with E-state index in [1.807, 2.05) is 30.3 Å². The Kier molecular flexibility index (Phi) is 5.01. The molecule has 0 aliphatic rings. The molecule has 8 heteroatoms. The predicted molar refractivity (Wildman–Crippen MR) is 86.4 cm³/mol. The summed E-state index contributed by atoms with van der Waals surface area (Å²) in [7, 11) is 0. The minimum Gasteiger partial charge on any atom is -0.482 e. The molecule has 3 aromatic rings. The van der Waals surface area contributed by atoms with Crippen molar-refractivity contribution < 1.29 is 19.3 Å². The van der Waals surface area contributed by atoms with Gasteiger partial charge < -0.3 is 14.9 Å². The van der Waals surface area contributed by atoms with Crippen LogP contribution < -0.4 is 4.74 Å². The van der Waals surface area contributed by atoms with Crippen LogP contribution in [0.25, 0.3) is 5.69 Å². The summed E-state index contributed by atoms with van der Waals surface area (Å²) < 4.78 is 21.0. The van der Waals surface area contributed by atoms with Gasteiger partial charge in [0.1, 0.15) is 11.6 Å². The Morgan fingerprint density at radius 3 is 2.36 bits per heavy atom. The highest BCUT2D eigenvalue weighted by Crippen LogP contribution is 2.30. The molecule has 0 fully saturated rings. The standard InChI is InChI=1S/C17H17FN4O3/c1-11(17-19-20-21-22(17)15-5-3-2-4-6-15)25-16-12(9-23)7-14(18)8-13(16)10-24/h2-8,11,23-24H,9-10H2,1H3. The van der Waals surface area contributed by atoms with Crippen LogP contribution in [0.5, 0.6) is 5.75 Å². The Bertz CT molecular complexity index is 829. The van der Waals surface area contributed by atoms with Crippen LogP contribution in [0, 0.1) is 5.82 Å². The number of halogens is 1. The highest BCUT2D eigenvalue weighted by Gasteiger charge is 2.21. The maximum absolute atomic E-state index is 13.6. The van der Waals surface area contributed by atoms with E-state index in [9.17, 15) is 14.6 Å². The van der Waals surface area contributed by atoms with Crippen molar-refractivity contribution in [1.82, 2.24) is 20.2 Å². The first-order valence-corrected chi connectivity index (χ1v) is 7.67. The van der Waals surface area contributed by atoms with Crippen molar-refractivity contribution in [2.24, 2.45) is 0 Å². The number of hydrogen-bond acceptors (Lipinski definition) is 6. The number of rotatable bonds is 6. The maximum Gasteiger partial charge on any atom is 0.196 e. The average molecular weight is 344 g/mol. The van der Waals surface area contributed by atoms with Crippen molar-refractivity contribution >= 4 is 0 Å². The van der Waals surface area contributed by atoms with E-state index in [2.05, 4.69) is 15.5 Å². The van der Waals surface area contributed by atoms with E-state index in [0.29, 0.717) is 5.82 Å². The monoisotopic (exact) mass is 344 g/mol. The van der Waals surface area contributed by atoms with Gasteiger partial charge in [-0.25, -0.2) is 4.39 Å². The van der Waals surface area contributed by atoms with Gasteiger partial charge in [-0.1, -0.05) is 18.2 Å². The van der Waals surface area contributed by atoms with E-state index in [4.69, 9.17) is 4.74 Å². The van der Waals surface area contributed by atoms with Gasteiger partial charge in [0, 0.05) is 11.1 Å². The van der Waals surface area contributed by atoms with Crippen LogP contribution in [0.1, 0.15) is 30.0 Å². The van der Waals surface area contributed by atoms with Gasteiger partial charge in [-0.05, 0) is 41.6 Å². The second-order valence-electron chi connectivity index (χ2n) is 5.41. The average Bonchev–Trinajstić information content (AvgIpc) is 3.13. The minimum atomic E-state index is -0.601. The molecule has 1 atom stereocenters. The molecular formula is C17H17FN4O3. The van der Waals surface area contributed by atoms with Gasteiger partial charge in [0.25, 0.3) is 0 Å². The Hall–Kier alpha value is -2.84. The van der Waals surface area contributed by atoms with Gasteiger partial charge in [0.05, 0.1) is 18.9 Å². The molecule has 0 amide bonds. The first-order valence-electron chi connectivity index (χ1n) is 7.67. The zero-order chi connectivity index (χ0) is 17.8. The Morgan fingerprint density at radius 2 is 1.76 bits per heavy atom. The summed E-state index contributed by atoms with van der Waals surface area (Å²) in [6.45, 7) is 0.893. The van der Waals surface area contributed by atoms with Gasteiger partial charge in [-0.3, -0.25) is 0 Å². The Balaban J connectivity index is 1.95. The molecule has 0 bridgehead atoms. The molecule has 25 heavy (non-hydrogen) atoms. The fraction of sp³-hybridized carbons (Fsp3) is 0.235. The molecule has 0 radical (unpaired) electrons. The highest BCUT2D eigenvalue weighted by molar-refractivity contribution is 5.42. The van der Waals surface area contributed by atoms with E-state index >= 15 is 0 Å². The molecule has 1 aromatic heterocycles. The number of ether oxygens (including phenoxy) is 1. The lowest BCUT2D eigenvalue weighted by Crippen LogP contribution is -2.13. The van der Waals surface area contributed by atoms with E-state index < -0.39 is 25.1 Å². The first-order chi connectivity index (χ1) is 12.1. The predicted octanol–water partition coefficient (Wildman–Crippen LogP) is 1.93. The zero-order valence-corrected chi connectivity index (χ0v) is 13.5. The van der Waals surface area contributed by atoms with Gasteiger partial charge in [0.15, 0.2) is 11.9 Å². The molecule has 7 nitrogen and oxygen atoms in total. The Labute approximate surface area is 143 Å². The Morgan fingerprint density at radius 1 is 1.12 bits per heavy atom. The number of para-hydroxylation sites is 1. The maximum atomic E-state index is 13.6. The summed E-state index contributed by atoms with van der Waals surface area (Å²) in [5, 5.41) is 30.6. The van der Waals surface area contributed by atoms with Crippen LogP contribution >= 0.6 is 0 Å². The van der Waals surface area contributed by atoms with E-state index in [1.54, 1.807) is 6.92 Å². The molecule has 130 valence electrons. The lowest BCUT2D eigenvalue weighted by Gasteiger charge is -2.19. The number of benzene rings is 2. The van der Waals surface area contributed by atoms with Crippen molar-refractivity contribution in [3.05, 3.63) is 65.2 Å². The van der Waals surface area contributed by atoms with E-state index in [1.165, 1.54) is 16.8 Å². The summed E-state index contributed by atoms with van der Waals surface area (Å²) in [6.07, 6.45) is -0.601. The summed E-state index contributed by atoms with van der Waals surface area (Å²) in [5.41, 5.74) is 1.26. The molecule has 3 rings (SSSR count). The van der Waals surface area contributed by atoms with Crippen LogP contribution in [0.3, 0.4) is 0 Å². The largest absolute Gasteiger partial charge is 0.482 e. The molecule has 1 heterocycles. The number of aliphatic hydroxyl groups is 2. The normalized spacial score (nSPS) is 12.2. The molecule has 0 aliphatic carbocycles. The second-order valence-corrected chi connectivity index (χ2v) is 5.41. The molecule has 1 unspecified atom stereocenters. The highest BCUT2D eigenvalue weighted by atomic mass is 19.1. The lowest BCUT2D eigenvalue weighted by molar-refractivity contribution is 0.191. The van der Waals surface area contributed by atoms with Crippen LogP contribution in [0.15, 0.2) is 42.5 Å². The summed E-state index contributed by atoms with van der Waals surface area (Å²) in [6, 6.07) is 11.6. The molecule has 0 aliphatic heterocycles. The summed E-state index contributed by atoms with van der Waals surface area (Å²) >= 11 is 0. The SMILES string of the molecule is CC(Oc1c(CO)cc(F)cc1CO)c1nnnn1-c1ccccc1. The quantitative estimate of drug-likeness (QED) is 0.710. The van der Waals surface area contributed by atoms with Gasteiger partial charge in [-0.15, -0.1) is 5.10 Å². The molecule has 0 saturated carbocycles. The van der Waals surface area contributed by atoms with Crippen molar-refractivity contribution in [2.45, 2.75) is 26.2 Å². The third kappa shape index (κ3) is 3.49. The van der Waals surface area contributed by atoms with E-state index in [-0.39, 0.29) is 16.9 Å². The minimum absolute atomic E-state index is 0.224. The van der Waals surface area contributed by atoms with Crippen LogP contribution in [-0.4, -0.2) is 30.4 Å². The van der Waals surface area contributed by atoms with Crippen LogP contribution in [0.2, 0.25) is 0 Å². The zero-order valence-electron chi connectivity index (χ0n) is 13.5. The molecule has 0 spiro atoms. The van der Waals surface area contributed by atoms with E-state index in [0.717, 1.165) is 5.69 Å². The summed E-state index contributed by atoms with van der Waals surface area (Å²) in [5.74, 6) is 0.104. The van der Waals surface area contributed by atoms with Crippen molar-refractivity contribution in [3.63, 3.8) is 0 Å². The fourth-order valence-electron chi connectivity index (χ4n) is 2.53. The number of aliphatic hydroxyl groups excluding tert-OH is 2. The molecule has 2 aromatic carbocycles. The molecule has 0 saturated heterocycles. The topological polar surface area (TPSA) is 93.3 Å². The first kappa shape index (κ1) is 17.0. The van der Waals surface area contributed by atoms with Gasteiger partial charge in [0.2, 0.25) is 0 Å². The van der Waals surface area contributed by atoms with Gasteiger partial charge >= 0.3 is 0 Å².